The van der Waals surface area contributed by atoms with E-state index >= 15 is 4.39 Å². The molecule has 4 aliphatic heterocycles. The van der Waals surface area contributed by atoms with E-state index in [-0.39, 0.29) is 67.9 Å². The number of amides is 2. The first kappa shape index (κ1) is 52.5. The number of rotatable bonds is 17. The summed E-state index contributed by atoms with van der Waals surface area (Å²) >= 11 is 0. The van der Waals surface area contributed by atoms with Crippen LogP contribution in [0.3, 0.4) is 0 Å². The van der Waals surface area contributed by atoms with Crippen LogP contribution in [0, 0.1) is 18.7 Å². The maximum Gasteiger partial charge on any atom is 0.319 e. The Morgan fingerprint density at radius 1 is 0.901 bits per heavy atom. The van der Waals surface area contributed by atoms with E-state index in [9.17, 15) is 19.8 Å². The highest BCUT2D eigenvalue weighted by atomic mass is 19.1. The molecule has 2 bridgehead atoms. The molecule has 1 aliphatic carbocycles. The van der Waals surface area contributed by atoms with Gasteiger partial charge in [-0.2, -0.15) is 15.1 Å². The number of hydrogen-bond acceptors (Lipinski definition) is 14. The third kappa shape index (κ3) is 10.2. The molecule has 7 heterocycles. The molecule has 5 fully saturated rings. The summed E-state index contributed by atoms with van der Waals surface area (Å²) in [4.78, 5) is 42.9. The van der Waals surface area contributed by atoms with Crippen LogP contribution in [0.25, 0.3) is 55.3 Å². The van der Waals surface area contributed by atoms with E-state index in [1.54, 1.807) is 12.4 Å². The van der Waals surface area contributed by atoms with E-state index in [4.69, 9.17) is 24.2 Å². The summed E-state index contributed by atoms with van der Waals surface area (Å²) in [6, 6.07) is 27.4. The average Bonchev–Trinajstić information content (AvgIpc) is 4.15. The second-order valence-corrected chi connectivity index (χ2v) is 22.8. The number of piperazine rings is 1. The summed E-state index contributed by atoms with van der Waals surface area (Å²) in [7, 11) is 0. The van der Waals surface area contributed by atoms with Crippen LogP contribution < -0.4 is 25.0 Å². The Morgan fingerprint density at radius 3 is 2.38 bits per heavy atom. The fourth-order valence-electron chi connectivity index (χ4n) is 12.5. The first-order valence-corrected chi connectivity index (χ1v) is 28.4. The number of halogens is 1. The van der Waals surface area contributed by atoms with Crippen molar-refractivity contribution >= 4 is 39.4 Å². The van der Waals surface area contributed by atoms with Crippen molar-refractivity contribution in [2.24, 2.45) is 5.92 Å². The number of aliphatic hydroxyl groups is 2. The van der Waals surface area contributed by atoms with Gasteiger partial charge in [-0.05, 0) is 83.5 Å². The Kier molecular flexibility index (Phi) is 14.2. The Bertz CT molecular complexity index is 3620. The first-order valence-electron chi connectivity index (χ1n) is 28.4. The molecule has 1 unspecified atom stereocenters. The predicted molar refractivity (Wildman–Crippen MR) is 303 cm³/mol. The summed E-state index contributed by atoms with van der Waals surface area (Å²) in [6.45, 7) is 8.23. The van der Waals surface area contributed by atoms with Gasteiger partial charge in [0, 0.05) is 78.4 Å². The molecule has 19 heteroatoms. The summed E-state index contributed by atoms with van der Waals surface area (Å²) in [5.41, 5.74) is 9.11. The van der Waals surface area contributed by atoms with Crippen LogP contribution in [0.4, 0.5) is 10.2 Å². The zero-order chi connectivity index (χ0) is 55.5. The molecule has 0 radical (unpaired) electrons. The third-order valence-electron chi connectivity index (χ3n) is 17.0. The SMILES string of the molecule is Cc1c(F)cc2[nH]ncc2c1-c1c(C2CC2)cc2c(N3CC4C[C@H]3CN4)nc(OC3CCOCC3)nc2c1OCc1ccc(-c2cn([C@H](C(=O)N3C[C@H](O)C[C@H]3C(=O)N[C@@H](CO)c3ccc(-c4ccccc4)cc3)C(C)C)nn2)cc1. The Morgan fingerprint density at radius 2 is 1.67 bits per heavy atom. The lowest BCUT2D eigenvalue weighted by atomic mass is 9.88. The standard InChI is InChI=1S/C62H66FN11O7/c1-34(2)57(61(78)73-30-44(76)24-53(73)60(77)66-52(32-75)41-17-13-38(14-18-41)37-7-5-4-6-8-37)74-31-51(70-71-74)40-11-9-36(10-12-40)33-80-58-55(54-35(3)49(63)26-50-48(54)28-65-69-50)46(39-15-16-39)25-47-56(58)67-62(81-45-19-21-79-22-20-45)68-59(47)72-29-42-23-43(72)27-64-42/h4-14,17-18,25-26,28,31,34,39,42-45,52-53,57,64,75-76H,15-16,19-24,27,29-30,32-33H2,1-3H3,(H,65,69)(H,66,77)/t42?,43-,44+,52-,53-,57-/m0/s1. The van der Waals surface area contributed by atoms with Gasteiger partial charge in [-0.1, -0.05) is 97.9 Å². The molecule has 6 atom stereocenters. The maximum atomic E-state index is 16.2. The van der Waals surface area contributed by atoms with Gasteiger partial charge in [0.15, 0.2) is 5.75 Å². The van der Waals surface area contributed by atoms with Crippen molar-refractivity contribution in [1.29, 1.82) is 0 Å². The maximum absolute atomic E-state index is 16.2. The average molecular weight is 1100 g/mol. The smallest absolute Gasteiger partial charge is 0.319 e. The number of H-pyrrole nitrogens is 1. The van der Waals surface area contributed by atoms with E-state index in [0.717, 1.165) is 95.2 Å². The molecular weight excluding hydrogens is 1030 g/mol. The second kappa shape index (κ2) is 21.9. The molecule has 81 heavy (non-hydrogen) atoms. The van der Waals surface area contributed by atoms with Crippen LogP contribution in [-0.2, 0) is 20.9 Å². The molecule has 13 rings (SSSR count). The summed E-state index contributed by atoms with van der Waals surface area (Å²) in [5, 5.41) is 46.0. The number of β-amino-alcohol motifs (C(OH)–C–C–N with tert-alkyl or cyclic N) is 1. The molecular formula is C62H66FN11O7. The molecule has 8 aromatic rings. The van der Waals surface area contributed by atoms with Crippen molar-refractivity contribution in [3.8, 4) is 45.3 Å². The number of aromatic amines is 1. The minimum absolute atomic E-state index is 0.0329. The molecule has 5 aliphatic rings. The van der Waals surface area contributed by atoms with Gasteiger partial charge in [0.05, 0.1) is 49.9 Å². The fourth-order valence-corrected chi connectivity index (χ4v) is 12.5. The number of aliphatic hydroxyl groups excluding tert-OH is 2. The zero-order valence-corrected chi connectivity index (χ0v) is 45.6. The van der Waals surface area contributed by atoms with Crippen LogP contribution in [0.1, 0.15) is 92.6 Å². The quantitative estimate of drug-likeness (QED) is 0.0582. The minimum Gasteiger partial charge on any atom is -0.486 e. The van der Waals surface area contributed by atoms with Gasteiger partial charge < -0.3 is 44.9 Å². The van der Waals surface area contributed by atoms with Crippen molar-refractivity contribution in [1.82, 2.24) is 50.7 Å². The number of ether oxygens (including phenoxy) is 3. The van der Waals surface area contributed by atoms with Crippen LogP contribution in [0.15, 0.2) is 103 Å². The van der Waals surface area contributed by atoms with Crippen LogP contribution in [0.2, 0.25) is 0 Å². The molecule has 5 aromatic carbocycles. The summed E-state index contributed by atoms with van der Waals surface area (Å²) in [6.07, 6.45) is 6.92. The van der Waals surface area contributed by atoms with E-state index in [1.165, 1.54) is 15.6 Å². The van der Waals surface area contributed by atoms with Gasteiger partial charge in [0.25, 0.3) is 0 Å². The van der Waals surface area contributed by atoms with Gasteiger partial charge >= 0.3 is 6.01 Å². The van der Waals surface area contributed by atoms with Gasteiger partial charge in [0.2, 0.25) is 11.8 Å². The topological polar surface area (TPSA) is 218 Å². The number of nitrogens with one attached hydrogen (secondary N) is 3. The fraction of sp³-hybridized carbons (Fsp3) is 0.403. The Hall–Kier alpha value is -7.84. The van der Waals surface area contributed by atoms with Crippen LogP contribution >= 0.6 is 0 Å². The molecule has 418 valence electrons. The molecule has 5 N–H and O–H groups in total. The highest BCUT2D eigenvalue weighted by Crippen LogP contribution is 2.53. The van der Waals surface area contributed by atoms with Crippen molar-refractivity contribution < 1.29 is 38.4 Å². The largest absolute Gasteiger partial charge is 0.486 e. The Labute approximate surface area is 468 Å². The van der Waals surface area contributed by atoms with E-state index in [0.29, 0.717) is 58.4 Å². The monoisotopic (exact) mass is 1100 g/mol. The van der Waals surface area contributed by atoms with Crippen LogP contribution in [0.5, 0.6) is 11.8 Å². The molecule has 1 saturated carbocycles. The highest BCUT2D eigenvalue weighted by molar-refractivity contribution is 6.06. The number of carbonyl (C=O) groups excluding carboxylic acids is 2. The molecule has 18 nitrogen and oxygen atoms in total. The number of fused-ring (bicyclic) bond motifs is 4. The number of anilines is 1. The number of aromatic nitrogens is 7. The molecule has 4 saturated heterocycles. The number of nitrogens with zero attached hydrogens (tertiary/aromatic N) is 8. The minimum atomic E-state index is -0.973. The highest BCUT2D eigenvalue weighted by Gasteiger charge is 2.44. The summed E-state index contributed by atoms with van der Waals surface area (Å²) < 4.78 is 37.2. The van der Waals surface area contributed by atoms with E-state index < -0.39 is 30.1 Å². The third-order valence-corrected chi connectivity index (χ3v) is 17.0. The van der Waals surface area contributed by atoms with Gasteiger partial charge in [-0.3, -0.25) is 14.7 Å². The van der Waals surface area contributed by atoms with Crippen molar-refractivity contribution in [2.75, 3.05) is 44.4 Å². The number of carbonyl (C=O) groups is 2. The van der Waals surface area contributed by atoms with Crippen LogP contribution in [-0.4, -0.2) is 132 Å². The van der Waals surface area contributed by atoms with Crippen molar-refractivity contribution in [3.63, 3.8) is 0 Å². The first-order chi connectivity index (χ1) is 39.5. The number of hydrogen-bond donors (Lipinski definition) is 5. The van der Waals surface area contributed by atoms with E-state index in [1.807, 2.05) is 99.6 Å². The van der Waals surface area contributed by atoms with Crippen molar-refractivity contribution in [2.45, 2.75) is 114 Å². The number of benzene rings is 5. The lowest BCUT2D eigenvalue weighted by molar-refractivity contribution is -0.142. The zero-order valence-electron chi connectivity index (χ0n) is 45.6. The lowest BCUT2D eigenvalue weighted by Crippen LogP contribution is -2.50. The molecule has 3 aromatic heterocycles. The second-order valence-electron chi connectivity index (χ2n) is 22.8. The van der Waals surface area contributed by atoms with E-state index in [2.05, 4.69) is 42.1 Å². The van der Waals surface area contributed by atoms with Gasteiger partial charge in [0.1, 0.15) is 47.6 Å². The predicted octanol–water partition coefficient (Wildman–Crippen LogP) is 8.12. The Balaban J connectivity index is 0.785. The normalized spacial score (nSPS) is 20.9. The van der Waals surface area contributed by atoms with Gasteiger partial charge in [-0.15, -0.1) is 5.10 Å². The van der Waals surface area contributed by atoms with Gasteiger partial charge in [-0.25, -0.2) is 9.07 Å². The summed E-state index contributed by atoms with van der Waals surface area (Å²) in [5.74, 6) is 0.100. The molecule has 2 amide bonds. The lowest BCUT2D eigenvalue weighted by Gasteiger charge is -2.31. The molecule has 0 spiro atoms. The number of likely N-dealkylation sites (tertiary alicyclic amines) is 1. The van der Waals surface area contributed by atoms with Crippen molar-refractivity contribution in [3.05, 3.63) is 131 Å².